The summed E-state index contributed by atoms with van der Waals surface area (Å²) in [5, 5.41) is 10.8. The average Bonchev–Trinajstić information content (AvgIpc) is 3.13. The highest BCUT2D eigenvalue weighted by Crippen LogP contribution is 2.62. The minimum atomic E-state index is -0.570. The predicted molar refractivity (Wildman–Crippen MR) is 133 cm³/mol. The van der Waals surface area contributed by atoms with Gasteiger partial charge in [0.2, 0.25) is 0 Å². The lowest BCUT2D eigenvalue weighted by molar-refractivity contribution is -0.0395. The van der Waals surface area contributed by atoms with Gasteiger partial charge in [-0.2, -0.15) is 0 Å². The molecule has 1 heterocycles. The van der Waals surface area contributed by atoms with Crippen LogP contribution in [0.4, 0.5) is 4.79 Å². The Balaban J connectivity index is 1.33. The van der Waals surface area contributed by atoms with Crippen molar-refractivity contribution in [2.75, 3.05) is 20.1 Å². The smallest absolute Gasteiger partial charge is 0.431 e. The van der Waals surface area contributed by atoms with Crippen LogP contribution in [0.5, 0.6) is 5.75 Å². The Hall–Kier alpha value is -1.59. The van der Waals surface area contributed by atoms with Gasteiger partial charge in [-0.25, -0.2) is 4.79 Å². The maximum Gasteiger partial charge on any atom is 0.514 e. The number of ether oxygens (including phenoxy) is 2. The third-order valence-corrected chi connectivity index (χ3v) is 9.88. The lowest BCUT2D eigenvalue weighted by Gasteiger charge is -2.53. The highest BCUT2D eigenvalue weighted by molar-refractivity contribution is 5.64. The van der Waals surface area contributed by atoms with Crippen molar-refractivity contribution < 1.29 is 19.4 Å². The molecule has 1 aliphatic heterocycles. The van der Waals surface area contributed by atoms with Crippen LogP contribution >= 0.6 is 0 Å². The van der Waals surface area contributed by atoms with Crippen LogP contribution in [0.1, 0.15) is 88.7 Å². The average molecular weight is 470 g/mol. The molecule has 3 fully saturated rings. The summed E-state index contributed by atoms with van der Waals surface area (Å²) in [5.74, 6) is 3.11. The first kappa shape index (κ1) is 24.1. The van der Waals surface area contributed by atoms with E-state index in [4.69, 9.17) is 9.47 Å². The second-order valence-electron chi connectivity index (χ2n) is 11.9. The summed E-state index contributed by atoms with van der Waals surface area (Å²) < 4.78 is 11.3. The molecule has 0 aromatic heterocycles. The molecule has 0 amide bonds. The van der Waals surface area contributed by atoms with Crippen molar-refractivity contribution in [2.45, 2.75) is 96.2 Å². The number of hydrogen-bond acceptors (Lipinski definition) is 5. The maximum atomic E-state index is 12.5. The Bertz CT molecular complexity index is 879. The molecule has 5 rings (SSSR count). The van der Waals surface area contributed by atoms with Crippen LogP contribution in [0.25, 0.3) is 0 Å². The first-order chi connectivity index (χ1) is 16.4. The third kappa shape index (κ3) is 4.51. The molecule has 1 aromatic rings. The Morgan fingerprint density at radius 2 is 1.97 bits per heavy atom. The van der Waals surface area contributed by atoms with Gasteiger partial charge in [-0.3, -0.25) is 0 Å². The van der Waals surface area contributed by atoms with E-state index in [2.05, 4.69) is 37.9 Å². The lowest BCUT2D eigenvalue weighted by atomic mass is 9.52. The molecule has 6 atom stereocenters. The molecule has 1 aromatic carbocycles. The van der Waals surface area contributed by atoms with E-state index in [0.29, 0.717) is 29.4 Å². The van der Waals surface area contributed by atoms with Crippen molar-refractivity contribution in [3.8, 4) is 5.75 Å². The van der Waals surface area contributed by atoms with E-state index in [9.17, 15) is 9.90 Å². The van der Waals surface area contributed by atoms with Gasteiger partial charge in [0.25, 0.3) is 0 Å². The standard InChI is InChI=1S/C29H43NO4/c1-4-5-6-19-17-20-18-22(34-28(32)33-21-12-15-30(3)16-13-21)7-8-23(20)24-11-14-29(2)25(27(19)24)9-10-26(29)31/h7-8,18-19,21,24-27,31H,4-6,9-17H2,1-3H3/t19-,24-,25+,26+,27-,29+/m1/s1. The maximum absolute atomic E-state index is 12.5. The number of aliphatic hydroxyl groups is 1. The summed E-state index contributed by atoms with van der Waals surface area (Å²) in [7, 11) is 2.10. The van der Waals surface area contributed by atoms with E-state index in [1.165, 1.54) is 36.8 Å². The molecule has 1 N–H and O–H groups in total. The number of carbonyl (C=O) groups excluding carboxylic acids is 1. The fraction of sp³-hybridized carbons (Fsp3) is 0.759. The zero-order valence-corrected chi connectivity index (χ0v) is 21.3. The number of fused-ring (bicyclic) bond motifs is 5. The summed E-state index contributed by atoms with van der Waals surface area (Å²) in [6.07, 6.45) is 10.2. The van der Waals surface area contributed by atoms with Crippen LogP contribution in [-0.2, 0) is 11.2 Å². The van der Waals surface area contributed by atoms with Crippen molar-refractivity contribution in [1.82, 2.24) is 4.90 Å². The van der Waals surface area contributed by atoms with Gasteiger partial charge in [-0.15, -0.1) is 0 Å². The van der Waals surface area contributed by atoms with Crippen LogP contribution in [0.3, 0.4) is 0 Å². The number of likely N-dealkylation sites (tertiary alicyclic amines) is 1. The monoisotopic (exact) mass is 469 g/mol. The van der Waals surface area contributed by atoms with Gasteiger partial charge in [-0.05, 0) is 111 Å². The Morgan fingerprint density at radius 3 is 2.74 bits per heavy atom. The molecule has 0 radical (unpaired) electrons. The fourth-order valence-electron chi connectivity index (χ4n) is 7.91. The molecule has 2 saturated carbocycles. The largest absolute Gasteiger partial charge is 0.514 e. The quantitative estimate of drug-likeness (QED) is 0.428. The molecule has 3 aliphatic carbocycles. The van der Waals surface area contributed by atoms with Gasteiger partial charge in [0.05, 0.1) is 6.10 Å². The number of nitrogens with zero attached hydrogens (tertiary/aromatic N) is 1. The zero-order chi connectivity index (χ0) is 23.9. The van der Waals surface area contributed by atoms with Crippen molar-refractivity contribution in [3.05, 3.63) is 29.3 Å². The van der Waals surface area contributed by atoms with Crippen LogP contribution in [0, 0.1) is 23.2 Å². The molecule has 5 heteroatoms. The van der Waals surface area contributed by atoms with Gasteiger partial charge < -0.3 is 19.5 Å². The third-order valence-electron chi connectivity index (χ3n) is 9.88. The second-order valence-corrected chi connectivity index (χ2v) is 11.9. The number of hydrogen-bond donors (Lipinski definition) is 1. The Kier molecular flexibility index (Phi) is 6.96. The van der Waals surface area contributed by atoms with Gasteiger partial charge in [0, 0.05) is 13.1 Å². The van der Waals surface area contributed by atoms with E-state index in [1.54, 1.807) is 0 Å². The predicted octanol–water partition coefficient (Wildman–Crippen LogP) is 5.93. The summed E-state index contributed by atoms with van der Waals surface area (Å²) in [4.78, 5) is 14.7. The Labute approximate surface area is 205 Å². The van der Waals surface area contributed by atoms with Gasteiger partial charge in [0.15, 0.2) is 0 Å². The molecule has 4 aliphatic rings. The highest BCUT2D eigenvalue weighted by atomic mass is 16.7. The fourth-order valence-corrected chi connectivity index (χ4v) is 7.91. The normalized spacial score (nSPS) is 35.8. The number of benzene rings is 1. The van der Waals surface area contributed by atoms with E-state index in [1.807, 2.05) is 6.07 Å². The number of aliphatic hydroxyl groups excluding tert-OH is 1. The van der Waals surface area contributed by atoms with Crippen LogP contribution in [0.2, 0.25) is 0 Å². The van der Waals surface area contributed by atoms with E-state index in [-0.39, 0.29) is 17.6 Å². The van der Waals surface area contributed by atoms with Crippen LogP contribution in [-0.4, -0.2) is 48.5 Å². The highest BCUT2D eigenvalue weighted by Gasteiger charge is 2.56. The number of rotatable bonds is 5. The summed E-state index contributed by atoms with van der Waals surface area (Å²) in [6.45, 7) is 6.54. The van der Waals surface area contributed by atoms with E-state index >= 15 is 0 Å². The van der Waals surface area contributed by atoms with Crippen LogP contribution < -0.4 is 4.74 Å². The van der Waals surface area contributed by atoms with Crippen molar-refractivity contribution in [2.24, 2.45) is 23.2 Å². The number of carbonyl (C=O) groups is 1. The van der Waals surface area contributed by atoms with Gasteiger partial charge in [0.1, 0.15) is 11.9 Å². The Morgan fingerprint density at radius 1 is 1.18 bits per heavy atom. The molecule has 5 nitrogen and oxygen atoms in total. The van der Waals surface area contributed by atoms with Crippen molar-refractivity contribution in [1.29, 1.82) is 0 Å². The summed E-state index contributed by atoms with van der Waals surface area (Å²) in [6, 6.07) is 6.29. The molecule has 0 spiro atoms. The zero-order valence-electron chi connectivity index (χ0n) is 21.3. The minimum absolute atomic E-state index is 0.0428. The molecule has 34 heavy (non-hydrogen) atoms. The van der Waals surface area contributed by atoms with E-state index < -0.39 is 6.16 Å². The first-order valence-electron chi connectivity index (χ1n) is 13.8. The lowest BCUT2D eigenvalue weighted by Crippen LogP contribution is -2.47. The second kappa shape index (κ2) is 9.81. The summed E-state index contributed by atoms with van der Waals surface area (Å²) >= 11 is 0. The molecular formula is C29H43NO4. The minimum Gasteiger partial charge on any atom is -0.431 e. The van der Waals surface area contributed by atoms with Crippen molar-refractivity contribution in [3.63, 3.8) is 0 Å². The number of piperidine rings is 1. The molecule has 0 unspecified atom stereocenters. The molecule has 0 bridgehead atoms. The van der Waals surface area contributed by atoms with E-state index in [0.717, 1.165) is 51.6 Å². The van der Waals surface area contributed by atoms with Gasteiger partial charge >= 0.3 is 6.16 Å². The van der Waals surface area contributed by atoms with Gasteiger partial charge in [-0.1, -0.05) is 32.8 Å². The SMILES string of the molecule is CCCC[C@@H]1Cc2cc(OC(=O)OC3CCN(C)CC3)ccc2[C@H]2CC[C@]3(C)[C@@H](O)CC[C@H]3[C@H]12. The molecular weight excluding hydrogens is 426 g/mol. The molecule has 1 saturated heterocycles. The first-order valence-corrected chi connectivity index (χ1v) is 13.8. The number of unbranched alkanes of at least 4 members (excludes halogenated alkanes) is 1. The molecule has 188 valence electrons. The summed E-state index contributed by atoms with van der Waals surface area (Å²) in [5.41, 5.74) is 2.90. The van der Waals surface area contributed by atoms with Crippen molar-refractivity contribution >= 4 is 6.16 Å². The van der Waals surface area contributed by atoms with Crippen LogP contribution in [0.15, 0.2) is 18.2 Å². The topological polar surface area (TPSA) is 59.0 Å².